The molecule has 4 nitrogen and oxygen atoms in total. The largest absolute Gasteiger partial charge is 0.497 e. The number of benzene rings is 2. The van der Waals surface area contributed by atoms with Gasteiger partial charge in [0.1, 0.15) is 12.4 Å². The van der Waals surface area contributed by atoms with E-state index < -0.39 is 0 Å². The fourth-order valence-electron chi connectivity index (χ4n) is 3.48. The quantitative estimate of drug-likeness (QED) is 0.590. The van der Waals surface area contributed by atoms with Crippen LogP contribution in [0.5, 0.6) is 11.5 Å². The third kappa shape index (κ3) is 5.16. The standard InChI is InChI=1S/C23H31FN2O2/c1-4-26(20-9-6-10-21(16-20)27-3)17-18-11-12-23(22(24)15-18)28-14-13-25(2)19-7-5-8-19/h6,9-12,15-16,19H,4-5,7-8,13-14,17H2,1-3H3. The zero-order chi connectivity index (χ0) is 19.9. The molecular weight excluding hydrogens is 355 g/mol. The Balaban J connectivity index is 1.57. The number of nitrogens with zero attached hydrogens (tertiary/aromatic N) is 2. The number of ether oxygens (including phenoxy) is 2. The van der Waals surface area contributed by atoms with Gasteiger partial charge >= 0.3 is 0 Å². The van der Waals surface area contributed by atoms with Crippen LogP contribution in [0.2, 0.25) is 0 Å². The number of halogens is 1. The van der Waals surface area contributed by atoms with Gasteiger partial charge in [-0.3, -0.25) is 0 Å². The van der Waals surface area contributed by atoms with E-state index in [2.05, 4.69) is 23.8 Å². The van der Waals surface area contributed by atoms with Crippen LogP contribution in [0.3, 0.4) is 0 Å². The van der Waals surface area contributed by atoms with Crippen molar-refractivity contribution in [2.24, 2.45) is 0 Å². The molecule has 0 unspecified atom stereocenters. The Morgan fingerprint density at radius 3 is 2.61 bits per heavy atom. The first-order chi connectivity index (χ1) is 13.6. The number of hydrogen-bond acceptors (Lipinski definition) is 4. The summed E-state index contributed by atoms with van der Waals surface area (Å²) >= 11 is 0. The summed E-state index contributed by atoms with van der Waals surface area (Å²) in [5, 5.41) is 0. The van der Waals surface area contributed by atoms with Crippen molar-refractivity contribution in [2.75, 3.05) is 38.8 Å². The summed E-state index contributed by atoms with van der Waals surface area (Å²) in [5.74, 6) is 0.846. The van der Waals surface area contributed by atoms with E-state index in [1.807, 2.05) is 30.3 Å². The van der Waals surface area contributed by atoms with Crippen LogP contribution >= 0.6 is 0 Å². The van der Waals surface area contributed by atoms with Gasteiger partial charge in [0.05, 0.1) is 7.11 Å². The van der Waals surface area contributed by atoms with E-state index in [1.54, 1.807) is 19.2 Å². The molecule has 2 aromatic rings. The van der Waals surface area contributed by atoms with E-state index >= 15 is 0 Å². The van der Waals surface area contributed by atoms with Gasteiger partial charge in [-0.25, -0.2) is 4.39 Å². The number of hydrogen-bond donors (Lipinski definition) is 0. The predicted octanol–water partition coefficient (Wildman–Crippen LogP) is 4.72. The maximum atomic E-state index is 14.5. The van der Waals surface area contributed by atoms with Crippen LogP contribution in [0.15, 0.2) is 42.5 Å². The van der Waals surface area contributed by atoms with E-state index in [0.717, 1.165) is 30.1 Å². The first-order valence-corrected chi connectivity index (χ1v) is 10.1. The molecule has 1 aliphatic carbocycles. The normalized spacial score (nSPS) is 14.0. The maximum absolute atomic E-state index is 14.5. The van der Waals surface area contributed by atoms with Crippen molar-refractivity contribution < 1.29 is 13.9 Å². The minimum atomic E-state index is -0.300. The van der Waals surface area contributed by atoms with Crippen molar-refractivity contribution >= 4 is 5.69 Å². The van der Waals surface area contributed by atoms with Crippen LogP contribution in [0, 0.1) is 5.82 Å². The second-order valence-electron chi connectivity index (χ2n) is 7.39. The summed E-state index contributed by atoms with van der Waals surface area (Å²) in [6, 6.07) is 13.9. The van der Waals surface area contributed by atoms with Gasteiger partial charge in [-0.1, -0.05) is 18.6 Å². The third-order valence-corrected chi connectivity index (χ3v) is 5.57. The Morgan fingerprint density at radius 1 is 1.14 bits per heavy atom. The molecule has 0 bridgehead atoms. The molecular formula is C23H31FN2O2. The Morgan fingerprint density at radius 2 is 1.96 bits per heavy atom. The summed E-state index contributed by atoms with van der Waals surface area (Å²) in [5.41, 5.74) is 1.97. The predicted molar refractivity (Wildman–Crippen MR) is 112 cm³/mol. The summed E-state index contributed by atoms with van der Waals surface area (Å²) in [4.78, 5) is 4.49. The van der Waals surface area contributed by atoms with Crippen LogP contribution in [0.4, 0.5) is 10.1 Å². The summed E-state index contributed by atoms with van der Waals surface area (Å²) in [6.45, 7) is 4.87. The Labute approximate surface area is 167 Å². The lowest BCUT2D eigenvalue weighted by atomic mass is 9.92. The summed E-state index contributed by atoms with van der Waals surface area (Å²) in [6.07, 6.45) is 3.85. The molecule has 0 aliphatic heterocycles. The van der Waals surface area contributed by atoms with Crippen molar-refractivity contribution in [3.63, 3.8) is 0 Å². The Bertz CT molecular complexity index is 764. The lowest BCUT2D eigenvalue weighted by Crippen LogP contribution is -2.39. The smallest absolute Gasteiger partial charge is 0.165 e. The van der Waals surface area contributed by atoms with Crippen LogP contribution in [-0.2, 0) is 6.54 Å². The molecule has 0 atom stereocenters. The van der Waals surface area contributed by atoms with Crippen molar-refractivity contribution in [3.05, 3.63) is 53.8 Å². The molecule has 0 heterocycles. The second-order valence-corrected chi connectivity index (χ2v) is 7.39. The van der Waals surface area contributed by atoms with Gasteiger partial charge in [-0.05, 0) is 56.6 Å². The Hall–Kier alpha value is -2.27. The highest BCUT2D eigenvalue weighted by atomic mass is 19.1. The number of anilines is 1. The van der Waals surface area contributed by atoms with Gasteiger partial charge in [0, 0.05) is 37.4 Å². The van der Waals surface area contributed by atoms with Crippen LogP contribution < -0.4 is 14.4 Å². The number of likely N-dealkylation sites (N-methyl/N-ethyl adjacent to an activating group) is 1. The molecule has 0 N–H and O–H groups in total. The first-order valence-electron chi connectivity index (χ1n) is 10.1. The molecule has 0 radical (unpaired) electrons. The minimum absolute atomic E-state index is 0.300. The van der Waals surface area contributed by atoms with E-state index in [-0.39, 0.29) is 5.82 Å². The van der Waals surface area contributed by atoms with Crippen molar-refractivity contribution in [2.45, 2.75) is 38.8 Å². The maximum Gasteiger partial charge on any atom is 0.165 e. The highest BCUT2D eigenvalue weighted by Gasteiger charge is 2.21. The molecule has 2 aromatic carbocycles. The van der Waals surface area contributed by atoms with Gasteiger partial charge < -0.3 is 19.3 Å². The monoisotopic (exact) mass is 386 g/mol. The molecule has 1 fully saturated rings. The summed E-state index contributed by atoms with van der Waals surface area (Å²) in [7, 11) is 3.78. The molecule has 0 spiro atoms. The van der Waals surface area contributed by atoms with Crippen molar-refractivity contribution in [3.8, 4) is 11.5 Å². The molecule has 5 heteroatoms. The van der Waals surface area contributed by atoms with E-state index in [1.165, 1.54) is 19.3 Å². The van der Waals surface area contributed by atoms with Crippen LogP contribution in [0.1, 0.15) is 31.7 Å². The zero-order valence-electron chi connectivity index (χ0n) is 17.2. The number of rotatable bonds is 10. The van der Waals surface area contributed by atoms with Gasteiger partial charge in [0.15, 0.2) is 11.6 Å². The molecule has 0 aromatic heterocycles. The molecule has 1 aliphatic rings. The van der Waals surface area contributed by atoms with Gasteiger partial charge in [0.25, 0.3) is 0 Å². The number of methoxy groups -OCH3 is 1. The molecule has 3 rings (SSSR count). The van der Waals surface area contributed by atoms with E-state index in [4.69, 9.17) is 9.47 Å². The van der Waals surface area contributed by atoms with Gasteiger partial charge in [0.2, 0.25) is 0 Å². The lowest BCUT2D eigenvalue weighted by molar-refractivity contribution is 0.134. The van der Waals surface area contributed by atoms with Gasteiger partial charge in [-0.15, -0.1) is 0 Å². The lowest BCUT2D eigenvalue weighted by Gasteiger charge is -2.34. The average Bonchev–Trinajstić information content (AvgIpc) is 2.66. The van der Waals surface area contributed by atoms with Crippen LogP contribution in [-0.4, -0.2) is 44.8 Å². The highest BCUT2D eigenvalue weighted by molar-refractivity contribution is 5.51. The fraction of sp³-hybridized carbons (Fsp3) is 0.478. The minimum Gasteiger partial charge on any atom is -0.497 e. The highest BCUT2D eigenvalue weighted by Crippen LogP contribution is 2.25. The Kier molecular flexibility index (Phi) is 7.15. The van der Waals surface area contributed by atoms with Crippen molar-refractivity contribution in [1.29, 1.82) is 0 Å². The molecule has 1 saturated carbocycles. The average molecular weight is 387 g/mol. The topological polar surface area (TPSA) is 24.9 Å². The van der Waals surface area contributed by atoms with Crippen LogP contribution in [0.25, 0.3) is 0 Å². The third-order valence-electron chi connectivity index (χ3n) is 5.57. The zero-order valence-corrected chi connectivity index (χ0v) is 17.2. The van der Waals surface area contributed by atoms with E-state index in [9.17, 15) is 4.39 Å². The molecule has 152 valence electrons. The molecule has 0 amide bonds. The second kappa shape index (κ2) is 9.78. The van der Waals surface area contributed by atoms with E-state index in [0.29, 0.717) is 24.9 Å². The fourth-order valence-corrected chi connectivity index (χ4v) is 3.48. The molecule has 0 saturated heterocycles. The first kappa shape index (κ1) is 20.5. The van der Waals surface area contributed by atoms with Crippen molar-refractivity contribution in [1.82, 2.24) is 4.90 Å². The SMILES string of the molecule is CCN(Cc1ccc(OCCN(C)C2CCC2)c(F)c1)c1cccc(OC)c1. The van der Waals surface area contributed by atoms with Gasteiger partial charge in [-0.2, -0.15) is 0 Å². The molecule has 28 heavy (non-hydrogen) atoms. The summed E-state index contributed by atoms with van der Waals surface area (Å²) < 4.78 is 25.5.